The molecule has 0 spiro atoms. The summed E-state index contributed by atoms with van der Waals surface area (Å²) in [5.41, 5.74) is 6.34. The first-order valence-electron chi connectivity index (χ1n) is 5.26. The molecule has 0 aliphatic rings. The Morgan fingerprint density at radius 3 is 2.35 bits per heavy atom. The summed E-state index contributed by atoms with van der Waals surface area (Å²) in [6, 6.07) is 9.40. The second-order valence-electron chi connectivity index (χ2n) is 2.84. The number of hydrogen-bond donors (Lipinski definition) is 1. The summed E-state index contributed by atoms with van der Waals surface area (Å²) in [5, 5.41) is 1.08. The molecule has 1 heterocycles. The molecule has 0 saturated carbocycles. The Hall–Kier alpha value is -1.26. The van der Waals surface area contributed by atoms with Crippen molar-refractivity contribution in [3.05, 3.63) is 41.8 Å². The molecule has 0 aliphatic carbocycles. The summed E-state index contributed by atoms with van der Waals surface area (Å²) in [6.45, 7) is 4.00. The van der Waals surface area contributed by atoms with Crippen LogP contribution in [0.2, 0.25) is 5.28 Å². The Labute approximate surface area is 110 Å². The van der Waals surface area contributed by atoms with Crippen LogP contribution in [-0.2, 0) is 0 Å². The number of hydrogen-bond acceptors (Lipinski definition) is 4. The average Bonchev–Trinajstić information content (AvgIpc) is 2.35. The van der Waals surface area contributed by atoms with Crippen LogP contribution >= 0.6 is 23.4 Å². The predicted molar refractivity (Wildman–Crippen MR) is 73.4 cm³/mol. The van der Waals surface area contributed by atoms with Gasteiger partial charge in [-0.05, 0) is 41.9 Å². The van der Waals surface area contributed by atoms with Gasteiger partial charge in [-0.3, -0.25) is 0 Å². The minimum absolute atomic E-state index is 0.260. The molecule has 0 unspecified atom stereocenters. The number of anilines is 1. The maximum absolute atomic E-state index is 5.68. The number of nitrogens with zero attached hydrogens (tertiary/aromatic N) is 2. The maximum atomic E-state index is 5.68. The van der Waals surface area contributed by atoms with Crippen molar-refractivity contribution in [2.24, 2.45) is 0 Å². The standard InChI is InChI=1S/C10H8ClN3S.C2H6/c11-10-13-6-5-9(14-10)15-8-3-1-7(12)2-4-8;1-2/h1-6H,12H2;1-2H3. The molecule has 1 aromatic heterocycles. The van der Waals surface area contributed by atoms with Crippen LogP contribution in [-0.4, -0.2) is 9.97 Å². The summed E-state index contributed by atoms with van der Waals surface area (Å²) in [6.07, 6.45) is 1.63. The molecule has 0 amide bonds. The Kier molecular flexibility index (Phi) is 5.80. The summed E-state index contributed by atoms with van der Waals surface area (Å²) < 4.78 is 0. The Morgan fingerprint density at radius 1 is 1.12 bits per heavy atom. The molecule has 1 aromatic carbocycles. The molecule has 0 bridgehead atoms. The Morgan fingerprint density at radius 2 is 1.76 bits per heavy atom. The fraction of sp³-hybridized carbons (Fsp3) is 0.167. The average molecular weight is 268 g/mol. The van der Waals surface area contributed by atoms with Crippen LogP contribution < -0.4 is 5.73 Å². The van der Waals surface area contributed by atoms with Gasteiger partial charge in [-0.2, -0.15) is 0 Å². The van der Waals surface area contributed by atoms with E-state index in [0.29, 0.717) is 0 Å². The van der Waals surface area contributed by atoms with Gasteiger partial charge in [0.05, 0.1) is 0 Å². The van der Waals surface area contributed by atoms with E-state index in [-0.39, 0.29) is 5.28 Å². The zero-order chi connectivity index (χ0) is 12.7. The minimum Gasteiger partial charge on any atom is -0.399 e. The van der Waals surface area contributed by atoms with Crippen LogP contribution in [0.15, 0.2) is 46.5 Å². The minimum atomic E-state index is 0.260. The number of nitrogen functional groups attached to an aromatic ring is 1. The van der Waals surface area contributed by atoms with E-state index in [9.17, 15) is 0 Å². The topological polar surface area (TPSA) is 51.8 Å². The van der Waals surface area contributed by atoms with Gasteiger partial charge in [-0.1, -0.05) is 25.6 Å². The van der Waals surface area contributed by atoms with Gasteiger partial charge in [0.15, 0.2) is 0 Å². The maximum Gasteiger partial charge on any atom is 0.223 e. The molecule has 0 radical (unpaired) electrons. The quantitative estimate of drug-likeness (QED) is 0.510. The fourth-order valence-corrected chi connectivity index (χ4v) is 2.01. The lowest BCUT2D eigenvalue weighted by atomic mass is 10.3. The molecule has 2 aromatic rings. The molecule has 0 aliphatic heterocycles. The normalized spacial score (nSPS) is 9.35. The second-order valence-corrected chi connectivity index (χ2v) is 4.27. The van der Waals surface area contributed by atoms with Crippen molar-refractivity contribution in [3.8, 4) is 0 Å². The van der Waals surface area contributed by atoms with Crippen molar-refractivity contribution in [1.82, 2.24) is 9.97 Å². The van der Waals surface area contributed by atoms with E-state index in [1.54, 1.807) is 6.20 Å². The van der Waals surface area contributed by atoms with Crippen LogP contribution in [0.3, 0.4) is 0 Å². The van der Waals surface area contributed by atoms with Crippen LogP contribution in [0.1, 0.15) is 13.8 Å². The summed E-state index contributed by atoms with van der Waals surface area (Å²) in [4.78, 5) is 8.96. The number of aromatic nitrogens is 2. The van der Waals surface area contributed by atoms with Crippen molar-refractivity contribution >= 4 is 29.1 Å². The zero-order valence-electron chi connectivity index (χ0n) is 9.72. The lowest BCUT2D eigenvalue weighted by molar-refractivity contribution is 1.05. The molecule has 0 saturated heterocycles. The number of rotatable bonds is 2. The number of halogens is 1. The zero-order valence-corrected chi connectivity index (χ0v) is 11.3. The first-order valence-corrected chi connectivity index (χ1v) is 6.45. The number of benzene rings is 1. The van der Waals surface area contributed by atoms with E-state index >= 15 is 0 Å². The highest BCUT2D eigenvalue weighted by molar-refractivity contribution is 7.99. The second kappa shape index (κ2) is 7.14. The smallest absolute Gasteiger partial charge is 0.223 e. The van der Waals surface area contributed by atoms with E-state index < -0.39 is 0 Å². The van der Waals surface area contributed by atoms with Crippen molar-refractivity contribution in [1.29, 1.82) is 0 Å². The van der Waals surface area contributed by atoms with E-state index in [0.717, 1.165) is 15.6 Å². The molecule has 17 heavy (non-hydrogen) atoms. The Bertz CT molecular complexity index is 460. The van der Waals surface area contributed by atoms with Gasteiger partial charge in [-0.25, -0.2) is 9.97 Å². The van der Waals surface area contributed by atoms with Crippen LogP contribution in [0.25, 0.3) is 0 Å². The summed E-state index contributed by atoms with van der Waals surface area (Å²) >= 11 is 7.20. The highest BCUT2D eigenvalue weighted by atomic mass is 35.5. The van der Waals surface area contributed by atoms with Gasteiger partial charge >= 0.3 is 0 Å². The van der Waals surface area contributed by atoms with Crippen molar-refractivity contribution in [2.75, 3.05) is 5.73 Å². The van der Waals surface area contributed by atoms with Gasteiger partial charge in [0.1, 0.15) is 5.03 Å². The van der Waals surface area contributed by atoms with Crippen molar-refractivity contribution in [3.63, 3.8) is 0 Å². The van der Waals surface area contributed by atoms with Gasteiger partial charge in [0.2, 0.25) is 5.28 Å². The van der Waals surface area contributed by atoms with Gasteiger partial charge in [-0.15, -0.1) is 0 Å². The lowest BCUT2D eigenvalue weighted by Gasteiger charge is -2.00. The summed E-state index contributed by atoms with van der Waals surface area (Å²) in [5.74, 6) is 0. The van der Waals surface area contributed by atoms with Crippen molar-refractivity contribution in [2.45, 2.75) is 23.8 Å². The highest BCUT2D eigenvalue weighted by Gasteiger charge is 1.99. The lowest BCUT2D eigenvalue weighted by Crippen LogP contribution is -1.85. The summed E-state index contributed by atoms with van der Waals surface area (Å²) in [7, 11) is 0. The SMILES string of the molecule is CC.Nc1ccc(Sc2ccnc(Cl)n2)cc1. The van der Waals surface area contributed by atoms with E-state index in [1.165, 1.54) is 11.8 Å². The molecular formula is C12H14ClN3S. The molecule has 0 atom stereocenters. The first kappa shape index (κ1) is 13.8. The molecule has 0 fully saturated rings. The van der Waals surface area contributed by atoms with Crippen molar-refractivity contribution < 1.29 is 0 Å². The molecule has 5 heteroatoms. The van der Waals surface area contributed by atoms with Crippen LogP contribution in [0.5, 0.6) is 0 Å². The molecule has 90 valence electrons. The highest BCUT2D eigenvalue weighted by Crippen LogP contribution is 2.26. The third-order valence-electron chi connectivity index (χ3n) is 1.70. The van der Waals surface area contributed by atoms with Crippen LogP contribution in [0, 0.1) is 0 Å². The monoisotopic (exact) mass is 267 g/mol. The van der Waals surface area contributed by atoms with Gasteiger partial charge in [0, 0.05) is 16.8 Å². The third kappa shape index (κ3) is 4.63. The predicted octanol–water partition coefficient (Wildman–Crippen LogP) is 3.89. The molecular weight excluding hydrogens is 254 g/mol. The van der Waals surface area contributed by atoms with Gasteiger partial charge in [0.25, 0.3) is 0 Å². The fourth-order valence-electron chi connectivity index (χ4n) is 1.03. The molecule has 2 N–H and O–H groups in total. The Balaban J connectivity index is 0.000000686. The van der Waals surface area contributed by atoms with Crippen LogP contribution in [0.4, 0.5) is 5.69 Å². The molecule has 3 nitrogen and oxygen atoms in total. The van der Waals surface area contributed by atoms with E-state index in [4.69, 9.17) is 17.3 Å². The molecule has 2 rings (SSSR count). The first-order chi connectivity index (χ1) is 8.24. The van der Waals surface area contributed by atoms with Gasteiger partial charge < -0.3 is 5.73 Å². The third-order valence-corrected chi connectivity index (χ3v) is 2.83. The van der Waals surface area contributed by atoms with E-state index in [2.05, 4.69) is 9.97 Å². The number of nitrogens with two attached hydrogens (primary N) is 1. The van der Waals surface area contributed by atoms with E-state index in [1.807, 2.05) is 44.2 Å². The largest absolute Gasteiger partial charge is 0.399 e.